The second-order valence-electron chi connectivity index (χ2n) is 5.51. The van der Waals surface area contributed by atoms with Gasteiger partial charge in [0.25, 0.3) is 0 Å². The molecule has 0 aromatic heterocycles. The smallest absolute Gasteiger partial charge is 0.217 e. The van der Waals surface area contributed by atoms with Crippen molar-refractivity contribution < 1.29 is 13.2 Å². The molecule has 0 saturated heterocycles. The van der Waals surface area contributed by atoms with Crippen LogP contribution in [0.4, 0.5) is 5.69 Å². The van der Waals surface area contributed by atoms with Crippen LogP contribution in [0.2, 0.25) is 0 Å². The van der Waals surface area contributed by atoms with E-state index < -0.39 is 10.0 Å². The van der Waals surface area contributed by atoms with E-state index in [0.29, 0.717) is 11.4 Å². The fraction of sp³-hybridized carbons (Fsp3) is 0.600. The van der Waals surface area contributed by atoms with Gasteiger partial charge in [-0.1, -0.05) is 31.4 Å². The van der Waals surface area contributed by atoms with Gasteiger partial charge in [0.05, 0.1) is 11.4 Å². The van der Waals surface area contributed by atoms with E-state index in [1.165, 1.54) is 10.7 Å². The summed E-state index contributed by atoms with van der Waals surface area (Å²) in [5.41, 5.74) is 6.29. The van der Waals surface area contributed by atoms with Gasteiger partial charge in [0.15, 0.2) is 0 Å². The van der Waals surface area contributed by atoms with Crippen molar-refractivity contribution in [2.45, 2.75) is 38.1 Å². The minimum absolute atomic E-state index is 0.0195. The highest BCUT2D eigenvalue weighted by molar-refractivity contribution is 7.89. The van der Waals surface area contributed by atoms with Crippen LogP contribution in [-0.4, -0.2) is 38.2 Å². The van der Waals surface area contributed by atoms with Crippen LogP contribution in [0.5, 0.6) is 5.75 Å². The Morgan fingerprint density at radius 1 is 1.24 bits per heavy atom. The SMILES string of the molecule is CN(C1CCCCC1)S(=O)(=O)CCOc1ccccc1N. The molecule has 0 amide bonds. The number of rotatable bonds is 6. The third-order valence-corrected chi connectivity index (χ3v) is 5.90. The zero-order valence-electron chi connectivity index (χ0n) is 12.5. The van der Waals surface area contributed by atoms with Gasteiger partial charge < -0.3 is 10.5 Å². The van der Waals surface area contributed by atoms with E-state index in [4.69, 9.17) is 10.5 Å². The van der Waals surface area contributed by atoms with Crippen molar-refractivity contribution in [2.24, 2.45) is 0 Å². The van der Waals surface area contributed by atoms with Gasteiger partial charge in [0, 0.05) is 13.1 Å². The summed E-state index contributed by atoms with van der Waals surface area (Å²) in [5, 5.41) is 0. The monoisotopic (exact) mass is 312 g/mol. The highest BCUT2D eigenvalue weighted by Crippen LogP contribution is 2.24. The summed E-state index contributed by atoms with van der Waals surface area (Å²) in [6.45, 7) is 0.119. The molecule has 5 nitrogen and oxygen atoms in total. The molecular formula is C15H24N2O3S. The molecule has 2 rings (SSSR count). The molecule has 1 aromatic carbocycles. The molecule has 1 fully saturated rings. The Bertz CT molecular complexity index is 554. The Labute approximate surface area is 127 Å². The molecular weight excluding hydrogens is 288 g/mol. The summed E-state index contributed by atoms with van der Waals surface area (Å²) in [6, 6.07) is 7.25. The van der Waals surface area contributed by atoms with Gasteiger partial charge in [-0.05, 0) is 25.0 Å². The van der Waals surface area contributed by atoms with Crippen LogP contribution < -0.4 is 10.5 Å². The number of sulfonamides is 1. The normalized spacial score (nSPS) is 17.0. The highest BCUT2D eigenvalue weighted by atomic mass is 32.2. The van der Waals surface area contributed by atoms with Gasteiger partial charge in [0.1, 0.15) is 12.4 Å². The summed E-state index contributed by atoms with van der Waals surface area (Å²) >= 11 is 0. The fourth-order valence-electron chi connectivity index (χ4n) is 2.68. The molecule has 21 heavy (non-hydrogen) atoms. The second kappa shape index (κ2) is 7.13. The number of hydrogen-bond acceptors (Lipinski definition) is 4. The number of nitrogens with zero attached hydrogens (tertiary/aromatic N) is 1. The summed E-state index contributed by atoms with van der Waals surface area (Å²) in [6.07, 6.45) is 5.36. The summed E-state index contributed by atoms with van der Waals surface area (Å²) in [5.74, 6) is 0.516. The van der Waals surface area contributed by atoms with Gasteiger partial charge in [0.2, 0.25) is 10.0 Å². The number of benzene rings is 1. The first-order valence-corrected chi connectivity index (χ1v) is 9.04. The van der Waals surface area contributed by atoms with Crippen molar-refractivity contribution >= 4 is 15.7 Å². The van der Waals surface area contributed by atoms with Crippen molar-refractivity contribution in [1.82, 2.24) is 4.31 Å². The van der Waals surface area contributed by atoms with Crippen LogP contribution >= 0.6 is 0 Å². The molecule has 0 unspecified atom stereocenters. The molecule has 0 atom stereocenters. The van der Waals surface area contributed by atoms with Gasteiger partial charge in [-0.3, -0.25) is 0 Å². The first-order valence-electron chi connectivity index (χ1n) is 7.44. The van der Waals surface area contributed by atoms with Gasteiger partial charge in [-0.2, -0.15) is 0 Å². The number of nitrogen functional groups attached to an aromatic ring is 1. The van der Waals surface area contributed by atoms with Gasteiger partial charge in [-0.15, -0.1) is 0 Å². The standard InChI is InChI=1S/C15H24N2O3S/c1-17(13-7-3-2-4-8-13)21(18,19)12-11-20-15-10-6-5-9-14(15)16/h5-6,9-10,13H,2-4,7-8,11-12,16H2,1H3. The van der Waals surface area contributed by atoms with E-state index in [2.05, 4.69) is 0 Å². The molecule has 0 aliphatic heterocycles. The fourth-order valence-corrected chi connectivity index (χ4v) is 3.93. The molecule has 1 aliphatic carbocycles. The van der Waals surface area contributed by atoms with Gasteiger partial charge >= 0.3 is 0 Å². The molecule has 118 valence electrons. The zero-order chi connectivity index (χ0) is 15.3. The van der Waals surface area contributed by atoms with E-state index >= 15 is 0 Å². The van der Waals surface area contributed by atoms with Crippen molar-refractivity contribution in [3.63, 3.8) is 0 Å². The Morgan fingerprint density at radius 2 is 1.90 bits per heavy atom. The average Bonchev–Trinajstić information content (AvgIpc) is 2.49. The molecule has 0 bridgehead atoms. The predicted molar refractivity (Wildman–Crippen MR) is 84.8 cm³/mol. The number of nitrogens with two attached hydrogens (primary N) is 1. The molecule has 1 saturated carbocycles. The van der Waals surface area contributed by atoms with E-state index in [-0.39, 0.29) is 18.4 Å². The lowest BCUT2D eigenvalue weighted by Crippen LogP contribution is -2.40. The first kappa shape index (κ1) is 16.1. The molecule has 0 spiro atoms. The lowest BCUT2D eigenvalue weighted by Gasteiger charge is -2.30. The van der Waals surface area contributed by atoms with Gasteiger partial charge in [-0.25, -0.2) is 12.7 Å². The summed E-state index contributed by atoms with van der Waals surface area (Å²) in [7, 11) is -1.59. The maximum absolute atomic E-state index is 12.3. The molecule has 0 heterocycles. The predicted octanol–water partition coefficient (Wildman–Crippen LogP) is 2.24. The molecule has 0 radical (unpaired) electrons. The van der Waals surface area contributed by atoms with Crippen LogP contribution in [-0.2, 0) is 10.0 Å². The minimum Gasteiger partial charge on any atom is -0.490 e. The zero-order valence-corrected chi connectivity index (χ0v) is 13.3. The van der Waals surface area contributed by atoms with Crippen LogP contribution in [0.15, 0.2) is 24.3 Å². The summed E-state index contributed by atoms with van der Waals surface area (Å²) < 4.78 is 31.7. The second-order valence-corrected chi connectivity index (χ2v) is 7.66. The van der Waals surface area contributed by atoms with E-state index in [1.54, 1.807) is 19.2 Å². The van der Waals surface area contributed by atoms with Crippen LogP contribution in [0, 0.1) is 0 Å². The van der Waals surface area contributed by atoms with Crippen molar-refractivity contribution in [3.05, 3.63) is 24.3 Å². The van der Waals surface area contributed by atoms with E-state index in [0.717, 1.165) is 25.7 Å². The maximum atomic E-state index is 12.3. The summed E-state index contributed by atoms with van der Waals surface area (Å²) in [4.78, 5) is 0. The Morgan fingerprint density at radius 3 is 2.57 bits per heavy atom. The Kier molecular flexibility index (Phi) is 5.47. The lowest BCUT2D eigenvalue weighted by molar-refractivity contribution is 0.281. The van der Waals surface area contributed by atoms with Crippen LogP contribution in [0.1, 0.15) is 32.1 Å². The van der Waals surface area contributed by atoms with Crippen molar-refractivity contribution in [3.8, 4) is 5.75 Å². The average molecular weight is 312 g/mol. The molecule has 2 N–H and O–H groups in total. The Balaban J connectivity index is 1.87. The third-order valence-electron chi connectivity index (χ3n) is 4.05. The number of hydrogen-bond donors (Lipinski definition) is 1. The topological polar surface area (TPSA) is 72.6 Å². The van der Waals surface area contributed by atoms with Crippen LogP contribution in [0.3, 0.4) is 0 Å². The highest BCUT2D eigenvalue weighted by Gasteiger charge is 2.27. The number of anilines is 1. The largest absolute Gasteiger partial charge is 0.490 e. The maximum Gasteiger partial charge on any atom is 0.217 e. The van der Waals surface area contributed by atoms with E-state index in [9.17, 15) is 8.42 Å². The molecule has 1 aliphatic rings. The third kappa shape index (κ3) is 4.35. The Hall–Kier alpha value is -1.27. The quantitative estimate of drug-likeness (QED) is 0.818. The molecule has 1 aromatic rings. The lowest BCUT2D eigenvalue weighted by atomic mass is 9.96. The first-order chi connectivity index (χ1) is 10.0. The number of ether oxygens (including phenoxy) is 1. The van der Waals surface area contributed by atoms with Crippen LogP contribution in [0.25, 0.3) is 0 Å². The van der Waals surface area contributed by atoms with Crippen molar-refractivity contribution in [1.29, 1.82) is 0 Å². The molecule has 6 heteroatoms. The van der Waals surface area contributed by atoms with Crippen molar-refractivity contribution in [2.75, 3.05) is 25.1 Å². The van der Waals surface area contributed by atoms with E-state index in [1.807, 2.05) is 12.1 Å². The minimum atomic E-state index is -3.28. The number of para-hydroxylation sites is 2.